The average Bonchev–Trinajstić information content (AvgIpc) is 2.70. The third-order valence-corrected chi connectivity index (χ3v) is 3.76. The van der Waals surface area contributed by atoms with E-state index in [9.17, 15) is 0 Å². The van der Waals surface area contributed by atoms with Crippen molar-refractivity contribution in [2.24, 2.45) is 0 Å². The zero-order valence-electron chi connectivity index (χ0n) is 12.9. The molecule has 2 rings (SSSR count). The first-order chi connectivity index (χ1) is 9.60. The lowest BCUT2D eigenvalue weighted by molar-refractivity contribution is 0.403. The highest BCUT2D eigenvalue weighted by Crippen LogP contribution is 2.35. The molecule has 1 aromatic carbocycles. The molecular weight excluding hydrogens is 250 g/mol. The SMILES string of the molecule is CCNC(c1ccccc1OC)c1c(C)oc(C)c1C. The predicted molar refractivity (Wildman–Crippen MR) is 81.4 cm³/mol. The van der Waals surface area contributed by atoms with Crippen LogP contribution in [-0.2, 0) is 0 Å². The van der Waals surface area contributed by atoms with Crippen LogP contribution in [0.1, 0.15) is 41.2 Å². The maximum atomic E-state index is 5.79. The Morgan fingerprint density at radius 3 is 2.40 bits per heavy atom. The molecule has 1 unspecified atom stereocenters. The molecule has 0 aliphatic rings. The molecule has 108 valence electrons. The van der Waals surface area contributed by atoms with Gasteiger partial charge in [-0.1, -0.05) is 25.1 Å². The Balaban J connectivity index is 2.56. The standard InChI is InChI=1S/C17H23NO2/c1-6-18-17(14-9-7-8-10-15(14)19-5)16-11(2)12(3)20-13(16)4/h7-10,17-18H,6H2,1-5H3. The van der Waals surface area contributed by atoms with E-state index in [4.69, 9.17) is 9.15 Å². The molecule has 3 heteroatoms. The summed E-state index contributed by atoms with van der Waals surface area (Å²) in [4.78, 5) is 0. The lowest BCUT2D eigenvalue weighted by atomic mass is 9.94. The van der Waals surface area contributed by atoms with E-state index < -0.39 is 0 Å². The first kappa shape index (κ1) is 14.7. The normalized spacial score (nSPS) is 12.4. The van der Waals surface area contributed by atoms with Gasteiger partial charge in [0.25, 0.3) is 0 Å². The Bertz CT molecular complexity index is 587. The highest BCUT2D eigenvalue weighted by atomic mass is 16.5. The highest BCUT2D eigenvalue weighted by molar-refractivity contribution is 5.46. The van der Waals surface area contributed by atoms with Gasteiger partial charge in [0.05, 0.1) is 13.2 Å². The van der Waals surface area contributed by atoms with Crippen molar-refractivity contribution in [2.45, 2.75) is 33.7 Å². The Morgan fingerprint density at radius 1 is 1.15 bits per heavy atom. The molecule has 3 nitrogen and oxygen atoms in total. The number of furan rings is 1. The molecule has 20 heavy (non-hydrogen) atoms. The van der Waals surface area contributed by atoms with E-state index in [0.29, 0.717) is 0 Å². The zero-order chi connectivity index (χ0) is 14.7. The third kappa shape index (κ3) is 2.59. The second kappa shape index (κ2) is 6.14. The van der Waals surface area contributed by atoms with Crippen LogP contribution in [0.5, 0.6) is 5.75 Å². The second-order valence-electron chi connectivity index (χ2n) is 4.99. The fourth-order valence-electron chi connectivity index (χ4n) is 2.71. The van der Waals surface area contributed by atoms with Crippen LogP contribution in [0.25, 0.3) is 0 Å². The number of benzene rings is 1. The van der Waals surface area contributed by atoms with E-state index in [0.717, 1.165) is 29.4 Å². The van der Waals surface area contributed by atoms with Crippen molar-refractivity contribution in [1.82, 2.24) is 5.32 Å². The van der Waals surface area contributed by atoms with Gasteiger partial charge in [-0.2, -0.15) is 0 Å². The van der Waals surface area contributed by atoms with Gasteiger partial charge in [0.15, 0.2) is 0 Å². The number of aryl methyl sites for hydroxylation is 2. The Kier molecular flexibility index (Phi) is 4.50. The summed E-state index contributed by atoms with van der Waals surface area (Å²) in [5.41, 5.74) is 3.57. The first-order valence-corrected chi connectivity index (χ1v) is 7.02. The molecular formula is C17H23NO2. The van der Waals surface area contributed by atoms with Gasteiger partial charge < -0.3 is 14.5 Å². The lowest BCUT2D eigenvalue weighted by Crippen LogP contribution is -2.23. The second-order valence-corrected chi connectivity index (χ2v) is 4.99. The summed E-state index contributed by atoms with van der Waals surface area (Å²) in [5.74, 6) is 2.85. The molecule has 1 atom stereocenters. The van der Waals surface area contributed by atoms with E-state index in [1.54, 1.807) is 7.11 Å². The fraction of sp³-hybridized carbons (Fsp3) is 0.412. The average molecular weight is 273 g/mol. The van der Waals surface area contributed by atoms with Gasteiger partial charge in [0.1, 0.15) is 17.3 Å². The molecule has 1 N–H and O–H groups in total. The number of nitrogens with one attached hydrogen (secondary N) is 1. The number of rotatable bonds is 5. The number of ether oxygens (including phenoxy) is 1. The minimum atomic E-state index is 0.0913. The van der Waals surface area contributed by atoms with E-state index >= 15 is 0 Å². The van der Waals surface area contributed by atoms with Crippen LogP contribution >= 0.6 is 0 Å². The number of hydrogen-bond donors (Lipinski definition) is 1. The monoisotopic (exact) mass is 273 g/mol. The maximum absolute atomic E-state index is 5.79. The summed E-state index contributed by atoms with van der Waals surface area (Å²) in [7, 11) is 1.71. The number of methoxy groups -OCH3 is 1. The summed E-state index contributed by atoms with van der Waals surface area (Å²) in [6, 6.07) is 8.23. The van der Waals surface area contributed by atoms with Crippen LogP contribution in [0.2, 0.25) is 0 Å². The van der Waals surface area contributed by atoms with E-state index in [1.807, 2.05) is 32.0 Å². The molecule has 0 aliphatic heterocycles. The van der Waals surface area contributed by atoms with Crippen molar-refractivity contribution in [3.63, 3.8) is 0 Å². The largest absolute Gasteiger partial charge is 0.496 e. The van der Waals surface area contributed by atoms with Crippen molar-refractivity contribution in [1.29, 1.82) is 0 Å². The molecule has 0 amide bonds. The Labute approximate surface area is 121 Å². The summed E-state index contributed by atoms with van der Waals surface area (Å²) in [5, 5.41) is 3.54. The molecule has 0 bridgehead atoms. The maximum Gasteiger partial charge on any atom is 0.123 e. The van der Waals surface area contributed by atoms with Gasteiger partial charge in [-0.05, 0) is 38.9 Å². The van der Waals surface area contributed by atoms with Gasteiger partial charge in [0.2, 0.25) is 0 Å². The molecule has 2 aromatic rings. The van der Waals surface area contributed by atoms with E-state index in [2.05, 4.69) is 25.2 Å². The molecule has 0 saturated carbocycles. The zero-order valence-corrected chi connectivity index (χ0v) is 12.9. The van der Waals surface area contributed by atoms with Gasteiger partial charge in [-0.15, -0.1) is 0 Å². The van der Waals surface area contributed by atoms with Gasteiger partial charge in [-0.25, -0.2) is 0 Å². The van der Waals surface area contributed by atoms with E-state index in [-0.39, 0.29) is 6.04 Å². The fourth-order valence-corrected chi connectivity index (χ4v) is 2.71. The smallest absolute Gasteiger partial charge is 0.123 e. The van der Waals surface area contributed by atoms with Crippen LogP contribution in [0, 0.1) is 20.8 Å². The summed E-state index contributed by atoms with van der Waals surface area (Å²) < 4.78 is 11.3. The molecule has 0 spiro atoms. The van der Waals surface area contributed by atoms with Crippen LogP contribution in [0.3, 0.4) is 0 Å². The molecule has 0 radical (unpaired) electrons. The van der Waals surface area contributed by atoms with Crippen LogP contribution in [-0.4, -0.2) is 13.7 Å². The van der Waals surface area contributed by atoms with Gasteiger partial charge in [0, 0.05) is 11.1 Å². The van der Waals surface area contributed by atoms with Crippen molar-refractivity contribution in [2.75, 3.05) is 13.7 Å². The van der Waals surface area contributed by atoms with Gasteiger partial charge in [-0.3, -0.25) is 0 Å². The first-order valence-electron chi connectivity index (χ1n) is 7.02. The molecule has 0 aliphatic carbocycles. The van der Waals surface area contributed by atoms with Crippen LogP contribution in [0.15, 0.2) is 28.7 Å². The number of hydrogen-bond acceptors (Lipinski definition) is 3. The topological polar surface area (TPSA) is 34.4 Å². The van der Waals surface area contributed by atoms with Crippen molar-refractivity contribution in [3.8, 4) is 5.75 Å². The minimum Gasteiger partial charge on any atom is -0.496 e. The Morgan fingerprint density at radius 2 is 1.85 bits per heavy atom. The molecule has 1 heterocycles. The van der Waals surface area contributed by atoms with Crippen molar-refractivity contribution in [3.05, 3.63) is 52.5 Å². The van der Waals surface area contributed by atoms with Crippen LogP contribution in [0.4, 0.5) is 0 Å². The summed E-state index contributed by atoms with van der Waals surface area (Å²) in [6.45, 7) is 9.14. The molecule has 1 aromatic heterocycles. The van der Waals surface area contributed by atoms with E-state index in [1.165, 1.54) is 11.1 Å². The summed E-state index contributed by atoms with van der Waals surface area (Å²) >= 11 is 0. The quantitative estimate of drug-likeness (QED) is 0.896. The van der Waals surface area contributed by atoms with Crippen molar-refractivity contribution >= 4 is 0 Å². The highest BCUT2D eigenvalue weighted by Gasteiger charge is 2.24. The van der Waals surface area contributed by atoms with Gasteiger partial charge >= 0.3 is 0 Å². The third-order valence-electron chi connectivity index (χ3n) is 3.76. The predicted octanol–water partition coefficient (Wildman–Crippen LogP) is 3.91. The number of para-hydroxylation sites is 1. The Hall–Kier alpha value is -1.74. The van der Waals surface area contributed by atoms with Crippen LogP contribution < -0.4 is 10.1 Å². The lowest BCUT2D eigenvalue weighted by Gasteiger charge is -2.21. The molecule has 0 saturated heterocycles. The summed E-state index contributed by atoms with van der Waals surface area (Å²) in [6.07, 6.45) is 0. The molecule has 0 fully saturated rings. The minimum absolute atomic E-state index is 0.0913. The van der Waals surface area contributed by atoms with Crippen molar-refractivity contribution < 1.29 is 9.15 Å².